The van der Waals surface area contributed by atoms with Crippen molar-refractivity contribution in [1.82, 2.24) is 19.6 Å². The maximum Gasteiger partial charge on any atom is 0.240 e. The number of aryl methyl sites for hydroxylation is 1. The maximum atomic E-state index is 15.1. The molecule has 2 fully saturated rings. The number of carbonyl (C=O) groups is 1. The number of fused-ring (bicyclic) bond motifs is 2. The SMILES string of the molecule is CN1CCC(N2CC3(C2)C(=O)N(Cc2ccc(-c4cnn(C)c4)cc2F)c2ccccc23)CC1. The highest BCUT2D eigenvalue weighted by Gasteiger charge is 2.58. The summed E-state index contributed by atoms with van der Waals surface area (Å²) in [5.74, 6) is -0.192. The van der Waals surface area contributed by atoms with Crippen molar-refractivity contribution >= 4 is 11.6 Å². The third kappa shape index (κ3) is 3.37. The number of anilines is 1. The molecule has 0 atom stereocenters. The zero-order chi connectivity index (χ0) is 23.4. The number of hydrogen-bond acceptors (Lipinski definition) is 4. The first-order chi connectivity index (χ1) is 16.4. The van der Waals surface area contributed by atoms with Gasteiger partial charge in [0.1, 0.15) is 11.2 Å². The average Bonchev–Trinajstić information content (AvgIpc) is 3.34. The third-order valence-electron chi connectivity index (χ3n) is 7.94. The molecule has 0 N–H and O–H groups in total. The number of halogens is 1. The fourth-order valence-corrected chi connectivity index (χ4v) is 5.92. The van der Waals surface area contributed by atoms with Crippen LogP contribution in [0.1, 0.15) is 24.0 Å². The molecule has 6 rings (SSSR count). The van der Waals surface area contributed by atoms with E-state index in [9.17, 15) is 4.79 Å². The molecule has 34 heavy (non-hydrogen) atoms. The van der Waals surface area contributed by atoms with Gasteiger partial charge in [0.05, 0.1) is 12.7 Å². The number of piperidine rings is 1. The molecule has 2 aromatic carbocycles. The van der Waals surface area contributed by atoms with Crippen molar-refractivity contribution in [2.24, 2.45) is 7.05 Å². The molecule has 0 bridgehead atoms. The summed E-state index contributed by atoms with van der Waals surface area (Å²) in [4.78, 5) is 20.5. The number of carbonyl (C=O) groups excluding carboxylic acids is 1. The summed E-state index contributed by atoms with van der Waals surface area (Å²) in [5, 5.41) is 4.17. The highest BCUT2D eigenvalue weighted by atomic mass is 19.1. The molecule has 176 valence electrons. The van der Waals surface area contributed by atoms with Gasteiger partial charge >= 0.3 is 0 Å². The fourth-order valence-electron chi connectivity index (χ4n) is 5.92. The maximum absolute atomic E-state index is 15.1. The van der Waals surface area contributed by atoms with Crippen LogP contribution in [0, 0.1) is 5.82 Å². The van der Waals surface area contributed by atoms with Gasteiger partial charge in [-0.15, -0.1) is 0 Å². The van der Waals surface area contributed by atoms with E-state index in [-0.39, 0.29) is 18.3 Å². The van der Waals surface area contributed by atoms with E-state index >= 15 is 4.39 Å². The molecule has 0 radical (unpaired) electrons. The highest BCUT2D eigenvalue weighted by molar-refractivity contribution is 6.09. The Morgan fingerprint density at radius 2 is 1.82 bits per heavy atom. The Labute approximate surface area is 199 Å². The van der Waals surface area contributed by atoms with Crippen LogP contribution in [0.15, 0.2) is 54.9 Å². The summed E-state index contributed by atoms with van der Waals surface area (Å²) in [6, 6.07) is 13.9. The molecular formula is C27H30FN5O. The number of benzene rings is 2. The summed E-state index contributed by atoms with van der Waals surface area (Å²) in [7, 11) is 4.01. The first-order valence-corrected chi connectivity index (χ1v) is 12.1. The van der Waals surface area contributed by atoms with E-state index in [1.165, 1.54) is 0 Å². The van der Waals surface area contributed by atoms with Crippen molar-refractivity contribution in [2.45, 2.75) is 30.8 Å². The van der Waals surface area contributed by atoms with E-state index in [4.69, 9.17) is 0 Å². The fraction of sp³-hybridized carbons (Fsp3) is 0.407. The lowest BCUT2D eigenvalue weighted by atomic mass is 9.73. The lowest BCUT2D eigenvalue weighted by Crippen LogP contribution is -2.67. The zero-order valence-corrected chi connectivity index (χ0v) is 19.7. The number of nitrogens with zero attached hydrogens (tertiary/aromatic N) is 5. The van der Waals surface area contributed by atoms with Gasteiger partial charge in [0.2, 0.25) is 5.91 Å². The van der Waals surface area contributed by atoms with Crippen LogP contribution in [0.4, 0.5) is 10.1 Å². The molecule has 4 heterocycles. The first kappa shape index (κ1) is 21.5. The number of amides is 1. The van der Waals surface area contributed by atoms with E-state index in [0.29, 0.717) is 11.6 Å². The Hall–Kier alpha value is -3.03. The molecule has 1 amide bonds. The van der Waals surface area contributed by atoms with Crippen LogP contribution in [-0.2, 0) is 23.8 Å². The molecule has 6 nitrogen and oxygen atoms in total. The topological polar surface area (TPSA) is 44.6 Å². The summed E-state index contributed by atoms with van der Waals surface area (Å²) in [6.45, 7) is 3.98. The lowest BCUT2D eigenvalue weighted by Gasteiger charge is -2.52. The van der Waals surface area contributed by atoms with Crippen molar-refractivity contribution in [2.75, 3.05) is 38.1 Å². The lowest BCUT2D eigenvalue weighted by molar-refractivity contribution is -0.131. The van der Waals surface area contributed by atoms with Crippen LogP contribution in [0.3, 0.4) is 0 Å². The highest BCUT2D eigenvalue weighted by Crippen LogP contribution is 2.49. The molecule has 0 aliphatic carbocycles. The Bertz CT molecular complexity index is 1240. The Morgan fingerprint density at radius 1 is 1.06 bits per heavy atom. The summed E-state index contributed by atoms with van der Waals surface area (Å²) in [6.07, 6.45) is 5.90. The van der Waals surface area contributed by atoms with E-state index in [0.717, 1.165) is 61.4 Å². The molecule has 3 aromatic rings. The second-order valence-electron chi connectivity index (χ2n) is 10.1. The van der Waals surface area contributed by atoms with Gasteiger partial charge in [0.15, 0.2) is 0 Å². The van der Waals surface area contributed by atoms with Crippen molar-refractivity contribution in [1.29, 1.82) is 0 Å². The van der Waals surface area contributed by atoms with Crippen molar-refractivity contribution < 1.29 is 9.18 Å². The van der Waals surface area contributed by atoms with Gasteiger partial charge in [0.25, 0.3) is 0 Å². The van der Waals surface area contributed by atoms with Gasteiger partial charge in [0, 0.05) is 49.2 Å². The van der Waals surface area contributed by atoms with Gasteiger partial charge < -0.3 is 9.80 Å². The van der Waals surface area contributed by atoms with Crippen molar-refractivity contribution in [3.05, 3.63) is 71.8 Å². The second-order valence-corrected chi connectivity index (χ2v) is 10.1. The number of hydrogen-bond donors (Lipinski definition) is 0. The number of likely N-dealkylation sites (tertiary alicyclic amines) is 2. The minimum atomic E-state index is -0.494. The first-order valence-electron chi connectivity index (χ1n) is 12.1. The summed E-state index contributed by atoms with van der Waals surface area (Å²) >= 11 is 0. The molecule has 2 saturated heterocycles. The molecule has 7 heteroatoms. The van der Waals surface area contributed by atoms with E-state index in [2.05, 4.69) is 28.0 Å². The standard InChI is InChI=1S/C27H30FN5O/c1-30-11-9-22(10-12-30)32-17-27(18-32)23-5-3-4-6-25(23)33(26(27)34)16-20-8-7-19(13-24(20)28)21-14-29-31(2)15-21/h3-8,13-15,22H,9-12,16-18H2,1-2H3. The van der Waals surface area contributed by atoms with Crippen molar-refractivity contribution in [3.8, 4) is 11.1 Å². The predicted octanol–water partition coefficient (Wildman–Crippen LogP) is 3.42. The number of para-hydroxylation sites is 1. The molecule has 3 aliphatic rings. The van der Waals surface area contributed by atoms with Crippen LogP contribution >= 0.6 is 0 Å². The Kier molecular flexibility index (Phi) is 5.08. The van der Waals surface area contributed by atoms with Crippen LogP contribution < -0.4 is 4.90 Å². The smallest absolute Gasteiger partial charge is 0.240 e. The molecule has 0 saturated carbocycles. The number of rotatable bonds is 4. The largest absolute Gasteiger partial charge is 0.307 e. The van der Waals surface area contributed by atoms with Crippen molar-refractivity contribution in [3.63, 3.8) is 0 Å². The summed E-state index contributed by atoms with van der Waals surface area (Å²) < 4.78 is 16.8. The molecular weight excluding hydrogens is 429 g/mol. The molecule has 1 spiro atoms. The van der Waals surface area contributed by atoms with Crippen LogP contribution in [-0.4, -0.2) is 64.8 Å². The van der Waals surface area contributed by atoms with Crippen LogP contribution in [0.25, 0.3) is 11.1 Å². The zero-order valence-electron chi connectivity index (χ0n) is 19.7. The quantitative estimate of drug-likeness (QED) is 0.600. The van der Waals surface area contributed by atoms with E-state index < -0.39 is 5.41 Å². The van der Waals surface area contributed by atoms with Gasteiger partial charge in [-0.05, 0) is 56.2 Å². The molecule has 3 aliphatic heterocycles. The second kappa shape index (κ2) is 8.03. The van der Waals surface area contributed by atoms with Gasteiger partial charge in [-0.3, -0.25) is 14.4 Å². The Balaban J connectivity index is 1.24. The van der Waals surface area contributed by atoms with Crippen LogP contribution in [0.2, 0.25) is 0 Å². The molecule has 0 unspecified atom stereocenters. The van der Waals surface area contributed by atoms with E-state index in [1.54, 1.807) is 27.9 Å². The van der Waals surface area contributed by atoms with Gasteiger partial charge in [-0.2, -0.15) is 5.10 Å². The predicted molar refractivity (Wildman–Crippen MR) is 130 cm³/mol. The minimum Gasteiger partial charge on any atom is -0.307 e. The monoisotopic (exact) mass is 459 g/mol. The van der Waals surface area contributed by atoms with Crippen LogP contribution in [0.5, 0.6) is 0 Å². The summed E-state index contributed by atoms with van der Waals surface area (Å²) in [5.41, 5.74) is 3.71. The van der Waals surface area contributed by atoms with Gasteiger partial charge in [-0.1, -0.05) is 30.3 Å². The molecule has 1 aromatic heterocycles. The number of aromatic nitrogens is 2. The average molecular weight is 460 g/mol. The third-order valence-corrected chi connectivity index (χ3v) is 7.94. The Morgan fingerprint density at radius 3 is 2.53 bits per heavy atom. The normalized spacial score (nSPS) is 20.7. The minimum absolute atomic E-state index is 0.105. The van der Waals surface area contributed by atoms with E-state index in [1.807, 2.05) is 37.5 Å². The van der Waals surface area contributed by atoms with Gasteiger partial charge in [-0.25, -0.2) is 4.39 Å².